The molecular weight excluding hydrogens is 308 g/mol. The lowest BCUT2D eigenvalue weighted by Crippen LogP contribution is -2.63. The summed E-state index contributed by atoms with van der Waals surface area (Å²) >= 11 is 0. The van der Waals surface area contributed by atoms with Crippen LogP contribution >= 0.6 is 0 Å². The lowest BCUT2D eigenvalue weighted by molar-refractivity contribution is -0.309. The van der Waals surface area contributed by atoms with Gasteiger partial charge in [0.15, 0.2) is 0 Å². The molecule has 0 radical (unpaired) electrons. The van der Waals surface area contributed by atoms with Gasteiger partial charge in [-0.15, -0.1) is 0 Å². The summed E-state index contributed by atoms with van der Waals surface area (Å²) in [6, 6.07) is 19.7. The standard InChI is InChI=1S/C18H24O4Si/c1-15(2)19-21-23(22-20-16(3)4,17-11-7-5-8-12-17)18-13-9-6-10-14-18/h5-16H,1-4H3. The van der Waals surface area contributed by atoms with Crippen molar-refractivity contribution in [1.82, 2.24) is 0 Å². The first kappa shape index (κ1) is 17.8. The molecule has 2 rings (SSSR count). The number of rotatable bonds is 8. The zero-order valence-electron chi connectivity index (χ0n) is 14.1. The molecule has 0 atom stereocenters. The summed E-state index contributed by atoms with van der Waals surface area (Å²) in [6.45, 7) is 7.66. The molecule has 0 heterocycles. The largest absolute Gasteiger partial charge is 0.470 e. The Bertz CT molecular complexity index is 519. The normalized spacial score (nSPS) is 12.1. The first-order valence-corrected chi connectivity index (χ1v) is 9.66. The molecule has 4 nitrogen and oxygen atoms in total. The summed E-state index contributed by atoms with van der Waals surface area (Å²) in [6.07, 6.45) is -0.172. The second-order valence-electron chi connectivity index (χ2n) is 5.81. The van der Waals surface area contributed by atoms with Crippen molar-refractivity contribution in [1.29, 1.82) is 0 Å². The molecule has 23 heavy (non-hydrogen) atoms. The Morgan fingerprint density at radius 2 is 0.957 bits per heavy atom. The molecule has 0 saturated heterocycles. The minimum Gasteiger partial charge on any atom is -0.242 e. The van der Waals surface area contributed by atoms with E-state index in [-0.39, 0.29) is 12.2 Å². The van der Waals surface area contributed by atoms with Crippen molar-refractivity contribution in [3.05, 3.63) is 60.7 Å². The van der Waals surface area contributed by atoms with E-state index < -0.39 is 8.56 Å². The van der Waals surface area contributed by atoms with Crippen molar-refractivity contribution < 1.29 is 18.9 Å². The summed E-state index contributed by atoms with van der Waals surface area (Å²) < 4.78 is 11.8. The fourth-order valence-electron chi connectivity index (χ4n) is 2.02. The molecule has 0 bridgehead atoms. The fourth-order valence-corrected chi connectivity index (χ4v) is 4.68. The first-order valence-electron chi connectivity index (χ1n) is 7.84. The van der Waals surface area contributed by atoms with E-state index in [0.29, 0.717) is 0 Å². The maximum Gasteiger partial charge on any atom is 0.470 e. The highest BCUT2D eigenvalue weighted by atomic mass is 28.4. The van der Waals surface area contributed by atoms with E-state index in [1.165, 1.54) is 0 Å². The van der Waals surface area contributed by atoms with E-state index in [4.69, 9.17) is 18.9 Å². The van der Waals surface area contributed by atoms with Gasteiger partial charge in [-0.3, -0.25) is 0 Å². The second-order valence-corrected chi connectivity index (χ2v) is 8.53. The quantitative estimate of drug-likeness (QED) is 0.423. The Morgan fingerprint density at radius 3 is 1.26 bits per heavy atom. The van der Waals surface area contributed by atoms with Gasteiger partial charge in [-0.2, -0.15) is 0 Å². The van der Waals surface area contributed by atoms with Gasteiger partial charge in [0.2, 0.25) is 0 Å². The van der Waals surface area contributed by atoms with Crippen molar-refractivity contribution in [3.8, 4) is 0 Å². The number of benzene rings is 2. The molecule has 0 aliphatic carbocycles. The topological polar surface area (TPSA) is 36.9 Å². The van der Waals surface area contributed by atoms with Crippen molar-refractivity contribution in [2.24, 2.45) is 0 Å². The summed E-state index contributed by atoms with van der Waals surface area (Å²) in [5, 5.41) is 1.85. The average Bonchev–Trinajstić information content (AvgIpc) is 2.56. The molecular formula is C18H24O4Si. The number of hydrogen-bond acceptors (Lipinski definition) is 4. The van der Waals surface area contributed by atoms with Crippen LogP contribution in [0.4, 0.5) is 0 Å². The molecule has 124 valence electrons. The van der Waals surface area contributed by atoms with Crippen LogP contribution in [0.5, 0.6) is 0 Å². The second kappa shape index (κ2) is 8.38. The van der Waals surface area contributed by atoms with Crippen LogP contribution in [0.1, 0.15) is 27.7 Å². The Kier molecular flexibility index (Phi) is 6.50. The van der Waals surface area contributed by atoms with Crippen LogP contribution in [-0.2, 0) is 18.9 Å². The van der Waals surface area contributed by atoms with Gasteiger partial charge in [0.05, 0.1) is 12.2 Å². The molecule has 0 amide bonds. The zero-order valence-corrected chi connectivity index (χ0v) is 15.1. The maximum absolute atomic E-state index is 5.91. The Balaban J connectivity index is 2.48. The monoisotopic (exact) mass is 332 g/mol. The molecule has 0 fully saturated rings. The van der Waals surface area contributed by atoms with E-state index in [2.05, 4.69) is 0 Å². The molecule has 0 aliphatic heterocycles. The molecule has 2 aromatic rings. The van der Waals surface area contributed by atoms with E-state index in [1.807, 2.05) is 88.4 Å². The van der Waals surface area contributed by atoms with Gasteiger partial charge in [-0.05, 0) is 27.7 Å². The summed E-state index contributed by atoms with van der Waals surface area (Å²) in [5.41, 5.74) is 0. The summed E-state index contributed by atoms with van der Waals surface area (Å²) in [5.74, 6) is 0. The molecule has 2 aromatic carbocycles. The summed E-state index contributed by atoms with van der Waals surface area (Å²) in [4.78, 5) is 11.0. The minimum absolute atomic E-state index is 0.0862. The predicted octanol–water partition coefficient (Wildman–Crippen LogP) is 2.96. The molecule has 0 aliphatic rings. The van der Waals surface area contributed by atoms with E-state index >= 15 is 0 Å². The van der Waals surface area contributed by atoms with Gasteiger partial charge in [-0.25, -0.2) is 18.9 Å². The van der Waals surface area contributed by atoms with E-state index in [1.54, 1.807) is 0 Å². The van der Waals surface area contributed by atoms with Gasteiger partial charge in [-0.1, -0.05) is 60.7 Å². The van der Waals surface area contributed by atoms with Gasteiger partial charge >= 0.3 is 8.56 Å². The lowest BCUT2D eigenvalue weighted by atomic mass is 10.4. The van der Waals surface area contributed by atoms with Crippen molar-refractivity contribution in [2.45, 2.75) is 39.9 Å². The van der Waals surface area contributed by atoms with Crippen LogP contribution in [-0.4, -0.2) is 20.8 Å². The molecule has 0 spiro atoms. The molecule has 0 aromatic heterocycles. The highest BCUT2D eigenvalue weighted by molar-refractivity contribution is 6.92. The Morgan fingerprint density at radius 1 is 0.609 bits per heavy atom. The highest BCUT2D eigenvalue weighted by Gasteiger charge is 2.47. The minimum atomic E-state index is -3.12. The van der Waals surface area contributed by atoms with Gasteiger partial charge < -0.3 is 0 Å². The van der Waals surface area contributed by atoms with Crippen LogP contribution in [0.3, 0.4) is 0 Å². The van der Waals surface area contributed by atoms with Crippen molar-refractivity contribution in [2.75, 3.05) is 0 Å². The molecule has 0 N–H and O–H groups in total. The van der Waals surface area contributed by atoms with Crippen LogP contribution in [0.25, 0.3) is 0 Å². The fraction of sp³-hybridized carbons (Fsp3) is 0.333. The SMILES string of the molecule is CC(C)OO[Si](OOC(C)C)(c1ccccc1)c1ccccc1. The molecule has 5 heteroatoms. The van der Waals surface area contributed by atoms with E-state index in [9.17, 15) is 0 Å². The third-order valence-corrected chi connectivity index (χ3v) is 5.87. The Hall–Kier alpha value is -1.50. The van der Waals surface area contributed by atoms with Gasteiger partial charge in [0.25, 0.3) is 0 Å². The zero-order chi connectivity index (χ0) is 16.7. The van der Waals surface area contributed by atoms with Crippen molar-refractivity contribution >= 4 is 18.9 Å². The van der Waals surface area contributed by atoms with Crippen LogP contribution in [0.15, 0.2) is 60.7 Å². The van der Waals surface area contributed by atoms with Crippen LogP contribution in [0, 0.1) is 0 Å². The van der Waals surface area contributed by atoms with Gasteiger partial charge in [0.1, 0.15) is 0 Å². The predicted molar refractivity (Wildman–Crippen MR) is 92.5 cm³/mol. The van der Waals surface area contributed by atoms with E-state index in [0.717, 1.165) is 10.4 Å². The average molecular weight is 332 g/mol. The molecule has 0 unspecified atom stereocenters. The maximum atomic E-state index is 5.91. The lowest BCUT2D eigenvalue weighted by Gasteiger charge is -2.30. The van der Waals surface area contributed by atoms with Gasteiger partial charge in [0, 0.05) is 10.4 Å². The van der Waals surface area contributed by atoms with Crippen LogP contribution in [0.2, 0.25) is 0 Å². The first-order chi connectivity index (χ1) is 11.0. The number of hydrogen-bond donors (Lipinski definition) is 0. The third-order valence-electron chi connectivity index (χ3n) is 3.02. The third kappa shape index (κ3) is 4.73. The molecule has 0 saturated carbocycles. The Labute approximate surface area is 139 Å². The summed E-state index contributed by atoms with van der Waals surface area (Å²) in [7, 11) is -3.12. The highest BCUT2D eigenvalue weighted by Crippen LogP contribution is 2.13. The smallest absolute Gasteiger partial charge is 0.242 e. The van der Waals surface area contributed by atoms with Crippen LogP contribution < -0.4 is 10.4 Å². The van der Waals surface area contributed by atoms with Crippen molar-refractivity contribution in [3.63, 3.8) is 0 Å².